The highest BCUT2D eigenvalue weighted by Gasteiger charge is 2.19. The lowest BCUT2D eigenvalue weighted by atomic mass is 10.2. The monoisotopic (exact) mass is 379 g/mol. The maximum atomic E-state index is 12.5. The Labute approximate surface area is 162 Å². The molecule has 28 heavy (non-hydrogen) atoms. The lowest BCUT2D eigenvalue weighted by molar-refractivity contribution is 0.0494. The normalized spacial score (nSPS) is 12.2. The number of hydrogen-bond donors (Lipinski definition) is 1. The molecule has 0 spiro atoms. The van der Waals surface area contributed by atoms with Crippen molar-refractivity contribution in [3.05, 3.63) is 53.7 Å². The second-order valence-corrected chi connectivity index (χ2v) is 6.44. The molecule has 1 aliphatic heterocycles. The number of aromatic nitrogens is 2. The maximum Gasteiger partial charge on any atom is 0.360 e. The number of rotatable bonds is 7. The molecule has 1 N–H and O–H groups in total. The molecule has 0 aliphatic carbocycles. The Balaban J connectivity index is 1.58. The molecule has 2 aromatic carbocycles. The summed E-state index contributed by atoms with van der Waals surface area (Å²) in [7, 11) is 0. The molecule has 0 bridgehead atoms. The van der Waals surface area contributed by atoms with Crippen LogP contribution in [0.1, 0.15) is 35.8 Å². The van der Waals surface area contributed by atoms with Crippen LogP contribution in [-0.2, 0) is 11.3 Å². The lowest BCUT2D eigenvalue weighted by Crippen LogP contribution is -2.14. The summed E-state index contributed by atoms with van der Waals surface area (Å²) in [6, 6.07) is 13.1. The van der Waals surface area contributed by atoms with Gasteiger partial charge in [-0.25, -0.2) is 14.8 Å². The van der Waals surface area contributed by atoms with Crippen molar-refractivity contribution in [2.75, 3.05) is 18.7 Å². The summed E-state index contributed by atoms with van der Waals surface area (Å²) in [6.45, 7) is 3.10. The van der Waals surface area contributed by atoms with Gasteiger partial charge in [-0.15, -0.1) is 0 Å². The number of ether oxygens (including phenoxy) is 3. The summed E-state index contributed by atoms with van der Waals surface area (Å²) in [6.07, 6.45) is 1.76. The number of nitrogens with one attached hydrogen (secondary N) is 1. The standard InChI is InChI=1S/C21H21N3O4/c1-2-3-10-26-21(25)19-20(24-16-7-5-4-6-15(16)23-19)22-12-14-8-9-17-18(11-14)28-13-27-17/h4-9,11H,2-3,10,12-13H2,1H3,(H,22,24). The van der Waals surface area contributed by atoms with Gasteiger partial charge in [0.05, 0.1) is 17.6 Å². The van der Waals surface area contributed by atoms with Crippen LogP contribution in [-0.4, -0.2) is 29.3 Å². The minimum atomic E-state index is -0.472. The highest BCUT2D eigenvalue weighted by Crippen LogP contribution is 2.32. The van der Waals surface area contributed by atoms with Gasteiger partial charge in [-0.2, -0.15) is 0 Å². The topological polar surface area (TPSA) is 82.6 Å². The number of unbranched alkanes of at least 4 members (excludes halogenated alkanes) is 1. The van der Waals surface area contributed by atoms with E-state index < -0.39 is 5.97 Å². The molecule has 4 rings (SSSR count). The van der Waals surface area contributed by atoms with Gasteiger partial charge in [-0.1, -0.05) is 31.5 Å². The molecule has 0 radical (unpaired) electrons. The Hall–Kier alpha value is -3.35. The van der Waals surface area contributed by atoms with Crippen LogP contribution < -0.4 is 14.8 Å². The number of benzene rings is 2. The van der Waals surface area contributed by atoms with Crippen molar-refractivity contribution < 1.29 is 19.0 Å². The van der Waals surface area contributed by atoms with E-state index in [1.54, 1.807) is 0 Å². The summed E-state index contributed by atoms with van der Waals surface area (Å²) >= 11 is 0. The smallest absolute Gasteiger partial charge is 0.360 e. The molecule has 0 saturated carbocycles. The molecular formula is C21H21N3O4. The summed E-state index contributed by atoms with van der Waals surface area (Å²) in [5.74, 6) is 1.37. The molecule has 2 heterocycles. The van der Waals surface area contributed by atoms with E-state index in [-0.39, 0.29) is 12.5 Å². The first-order valence-corrected chi connectivity index (χ1v) is 9.31. The highest BCUT2D eigenvalue weighted by molar-refractivity contribution is 5.95. The Kier molecular flexibility index (Phi) is 5.23. The van der Waals surface area contributed by atoms with Crippen LogP contribution in [0, 0.1) is 0 Å². The number of carbonyl (C=O) groups is 1. The average molecular weight is 379 g/mol. The van der Waals surface area contributed by atoms with E-state index in [9.17, 15) is 4.79 Å². The van der Waals surface area contributed by atoms with Crippen molar-refractivity contribution in [1.82, 2.24) is 9.97 Å². The number of nitrogens with zero attached hydrogens (tertiary/aromatic N) is 2. The van der Waals surface area contributed by atoms with Crippen LogP contribution in [0.2, 0.25) is 0 Å². The minimum Gasteiger partial charge on any atom is -0.461 e. The Morgan fingerprint density at radius 3 is 2.71 bits per heavy atom. The summed E-state index contributed by atoms with van der Waals surface area (Å²) in [5, 5.41) is 3.21. The lowest BCUT2D eigenvalue weighted by Gasteiger charge is -2.12. The van der Waals surface area contributed by atoms with Crippen molar-refractivity contribution >= 4 is 22.8 Å². The van der Waals surface area contributed by atoms with E-state index in [4.69, 9.17) is 14.2 Å². The first-order valence-electron chi connectivity index (χ1n) is 9.31. The number of fused-ring (bicyclic) bond motifs is 2. The first-order chi connectivity index (χ1) is 13.7. The molecule has 0 unspecified atom stereocenters. The second kappa shape index (κ2) is 8.12. The van der Waals surface area contributed by atoms with Crippen molar-refractivity contribution in [3.63, 3.8) is 0 Å². The molecule has 144 valence electrons. The van der Waals surface area contributed by atoms with Crippen LogP contribution >= 0.6 is 0 Å². The molecule has 1 aliphatic rings. The van der Waals surface area contributed by atoms with Crippen LogP contribution in [0.15, 0.2) is 42.5 Å². The Morgan fingerprint density at radius 2 is 1.89 bits per heavy atom. The predicted octanol–water partition coefficient (Wildman–Crippen LogP) is 3.93. The summed E-state index contributed by atoms with van der Waals surface area (Å²) in [4.78, 5) is 21.6. The third kappa shape index (κ3) is 3.83. The fraction of sp³-hybridized carbons (Fsp3) is 0.286. The van der Waals surface area contributed by atoms with E-state index in [1.165, 1.54) is 0 Å². The van der Waals surface area contributed by atoms with E-state index in [0.717, 1.165) is 24.2 Å². The number of hydrogen-bond acceptors (Lipinski definition) is 7. The number of para-hydroxylation sites is 2. The molecule has 7 nitrogen and oxygen atoms in total. The van der Waals surface area contributed by atoms with Crippen molar-refractivity contribution in [1.29, 1.82) is 0 Å². The molecule has 0 amide bonds. The quantitative estimate of drug-likeness (QED) is 0.492. The number of carbonyl (C=O) groups excluding carboxylic acids is 1. The summed E-state index contributed by atoms with van der Waals surface area (Å²) < 4.78 is 16.1. The zero-order valence-electron chi connectivity index (χ0n) is 15.6. The molecule has 0 saturated heterocycles. The van der Waals surface area contributed by atoms with Crippen molar-refractivity contribution in [3.8, 4) is 11.5 Å². The van der Waals surface area contributed by atoms with E-state index >= 15 is 0 Å². The third-order valence-electron chi connectivity index (χ3n) is 4.39. The molecule has 7 heteroatoms. The largest absolute Gasteiger partial charge is 0.461 e. The van der Waals surface area contributed by atoms with Gasteiger partial charge < -0.3 is 19.5 Å². The zero-order chi connectivity index (χ0) is 19.3. The Morgan fingerprint density at radius 1 is 1.11 bits per heavy atom. The fourth-order valence-electron chi connectivity index (χ4n) is 2.88. The SMILES string of the molecule is CCCCOC(=O)c1nc2ccccc2nc1NCc1ccc2c(c1)OCO2. The number of esters is 1. The van der Waals surface area contributed by atoms with Gasteiger partial charge in [0.25, 0.3) is 0 Å². The minimum absolute atomic E-state index is 0.190. The van der Waals surface area contributed by atoms with Gasteiger partial charge in [0.2, 0.25) is 6.79 Å². The van der Waals surface area contributed by atoms with Gasteiger partial charge in [-0.05, 0) is 36.2 Å². The third-order valence-corrected chi connectivity index (χ3v) is 4.39. The zero-order valence-corrected chi connectivity index (χ0v) is 15.6. The highest BCUT2D eigenvalue weighted by atomic mass is 16.7. The summed E-state index contributed by atoms with van der Waals surface area (Å²) in [5.41, 5.74) is 2.53. The van der Waals surface area contributed by atoms with Gasteiger partial charge in [0.1, 0.15) is 0 Å². The number of anilines is 1. The van der Waals surface area contributed by atoms with Crippen LogP contribution in [0.25, 0.3) is 11.0 Å². The van der Waals surface area contributed by atoms with E-state index in [0.29, 0.717) is 35.8 Å². The average Bonchev–Trinajstić information content (AvgIpc) is 3.19. The fourth-order valence-corrected chi connectivity index (χ4v) is 2.88. The second-order valence-electron chi connectivity index (χ2n) is 6.44. The predicted molar refractivity (Wildman–Crippen MR) is 105 cm³/mol. The first kappa shape index (κ1) is 18.0. The van der Waals surface area contributed by atoms with Crippen LogP contribution in [0.3, 0.4) is 0 Å². The van der Waals surface area contributed by atoms with E-state index in [1.807, 2.05) is 49.4 Å². The molecule has 0 atom stereocenters. The van der Waals surface area contributed by atoms with Crippen molar-refractivity contribution in [2.24, 2.45) is 0 Å². The van der Waals surface area contributed by atoms with Crippen molar-refractivity contribution in [2.45, 2.75) is 26.3 Å². The molecule has 3 aromatic rings. The van der Waals surface area contributed by atoms with E-state index in [2.05, 4.69) is 15.3 Å². The van der Waals surface area contributed by atoms with Gasteiger partial charge in [0, 0.05) is 6.54 Å². The molecular weight excluding hydrogens is 358 g/mol. The maximum absolute atomic E-state index is 12.5. The van der Waals surface area contributed by atoms with Crippen LogP contribution in [0.5, 0.6) is 11.5 Å². The van der Waals surface area contributed by atoms with Gasteiger partial charge >= 0.3 is 5.97 Å². The van der Waals surface area contributed by atoms with Crippen LogP contribution in [0.4, 0.5) is 5.82 Å². The Bertz CT molecular complexity index is 1010. The van der Waals surface area contributed by atoms with Gasteiger partial charge in [-0.3, -0.25) is 0 Å². The molecule has 0 fully saturated rings. The molecule has 1 aromatic heterocycles. The van der Waals surface area contributed by atoms with Gasteiger partial charge in [0.15, 0.2) is 23.0 Å².